The van der Waals surface area contributed by atoms with Crippen molar-refractivity contribution >= 4 is 45.5 Å². The van der Waals surface area contributed by atoms with E-state index in [1.807, 2.05) is 41.8 Å². The van der Waals surface area contributed by atoms with Crippen molar-refractivity contribution in [2.24, 2.45) is 5.10 Å². The zero-order valence-electron chi connectivity index (χ0n) is 14.3. The Kier molecular flexibility index (Phi) is 4.38. The third-order valence-electron chi connectivity index (χ3n) is 4.41. The molecule has 5 nitrogen and oxygen atoms in total. The molecule has 1 unspecified atom stereocenters. The number of pyridine rings is 1. The highest BCUT2D eigenvalue weighted by molar-refractivity contribution is 7.12. The maximum Gasteiger partial charge on any atom is 0.240 e. The number of hydrogen-bond acceptors (Lipinski definition) is 5. The molecule has 0 N–H and O–H groups in total. The molecule has 0 saturated carbocycles. The Balaban J connectivity index is 1.79. The van der Waals surface area contributed by atoms with Gasteiger partial charge in [-0.2, -0.15) is 5.10 Å². The number of carbonyl (C=O) groups excluding carboxylic acids is 1. The second kappa shape index (κ2) is 6.70. The van der Waals surface area contributed by atoms with E-state index >= 15 is 0 Å². The van der Waals surface area contributed by atoms with E-state index < -0.39 is 0 Å². The minimum atomic E-state index is -0.264. The van der Waals surface area contributed by atoms with Gasteiger partial charge in [0.1, 0.15) is 16.4 Å². The number of thiophene rings is 1. The van der Waals surface area contributed by atoms with Gasteiger partial charge < -0.3 is 4.74 Å². The zero-order valence-corrected chi connectivity index (χ0v) is 15.8. The first kappa shape index (κ1) is 17.0. The van der Waals surface area contributed by atoms with Gasteiger partial charge in [0.25, 0.3) is 0 Å². The summed E-state index contributed by atoms with van der Waals surface area (Å²) in [6.07, 6.45) is 0.608. The first-order valence-electron chi connectivity index (χ1n) is 8.13. The molecule has 1 atom stereocenters. The summed E-state index contributed by atoms with van der Waals surface area (Å²) in [5.74, 6) is 0.546. The van der Waals surface area contributed by atoms with Crippen LogP contribution in [-0.4, -0.2) is 28.7 Å². The van der Waals surface area contributed by atoms with E-state index in [1.165, 1.54) is 11.9 Å². The van der Waals surface area contributed by atoms with Crippen molar-refractivity contribution in [1.82, 2.24) is 9.99 Å². The summed E-state index contributed by atoms with van der Waals surface area (Å²) in [6.45, 7) is 1.51. The maximum absolute atomic E-state index is 12.2. The molecule has 3 aromatic rings. The van der Waals surface area contributed by atoms with Gasteiger partial charge in [0, 0.05) is 24.3 Å². The minimum absolute atomic E-state index is 0.122. The van der Waals surface area contributed by atoms with Gasteiger partial charge in [-0.3, -0.25) is 4.79 Å². The third kappa shape index (κ3) is 2.85. The number of nitrogens with zero attached hydrogens (tertiary/aromatic N) is 3. The number of fused-ring (bicyclic) bond motifs is 1. The van der Waals surface area contributed by atoms with Gasteiger partial charge in [-0.1, -0.05) is 29.8 Å². The van der Waals surface area contributed by atoms with Crippen LogP contribution in [0.3, 0.4) is 0 Å². The van der Waals surface area contributed by atoms with Crippen LogP contribution in [0.5, 0.6) is 5.75 Å². The summed E-state index contributed by atoms with van der Waals surface area (Å²) in [6, 6.07) is 11.4. The summed E-state index contributed by atoms with van der Waals surface area (Å²) >= 11 is 8.11. The molecule has 2 aromatic heterocycles. The smallest absolute Gasteiger partial charge is 0.240 e. The highest BCUT2D eigenvalue weighted by Gasteiger charge is 2.33. The van der Waals surface area contributed by atoms with Crippen molar-refractivity contribution in [2.75, 3.05) is 7.11 Å². The molecule has 1 aliphatic heterocycles. The molecule has 3 heterocycles. The van der Waals surface area contributed by atoms with Crippen molar-refractivity contribution < 1.29 is 9.53 Å². The number of benzene rings is 1. The van der Waals surface area contributed by atoms with E-state index in [2.05, 4.69) is 10.1 Å². The van der Waals surface area contributed by atoms with Crippen LogP contribution in [-0.2, 0) is 4.79 Å². The van der Waals surface area contributed by atoms with Crippen LogP contribution in [0.25, 0.3) is 10.9 Å². The highest BCUT2D eigenvalue weighted by Crippen LogP contribution is 2.38. The number of amides is 1. The fraction of sp³-hybridized carbons (Fsp3) is 0.211. The number of halogens is 1. The SMILES string of the molecule is COc1cccc2cc(C3CC(c4cccs4)=NN3C(C)=O)c(Cl)nc12. The van der Waals surface area contributed by atoms with Gasteiger partial charge in [-0.05, 0) is 23.6 Å². The van der Waals surface area contributed by atoms with Crippen LogP contribution in [0, 0.1) is 0 Å². The number of carbonyl (C=O) groups is 1. The molecule has 0 bridgehead atoms. The lowest BCUT2D eigenvalue weighted by molar-refractivity contribution is -0.130. The van der Waals surface area contributed by atoms with E-state index in [4.69, 9.17) is 16.3 Å². The molecule has 0 saturated heterocycles. The van der Waals surface area contributed by atoms with Crippen LogP contribution < -0.4 is 4.74 Å². The molecule has 1 aliphatic rings. The van der Waals surface area contributed by atoms with E-state index in [0.717, 1.165) is 21.5 Å². The zero-order chi connectivity index (χ0) is 18.3. The third-order valence-corrected chi connectivity index (χ3v) is 5.63. The number of hydrazone groups is 1. The van der Waals surface area contributed by atoms with Crippen molar-refractivity contribution in [3.63, 3.8) is 0 Å². The topological polar surface area (TPSA) is 54.8 Å². The molecular formula is C19H16ClN3O2S. The monoisotopic (exact) mass is 385 g/mol. The lowest BCUT2D eigenvalue weighted by Crippen LogP contribution is -2.24. The average Bonchev–Trinajstić information content (AvgIpc) is 3.30. The number of rotatable bonds is 3. The quantitative estimate of drug-likeness (QED) is 0.616. The molecule has 1 amide bonds. The van der Waals surface area contributed by atoms with Gasteiger partial charge in [0.05, 0.1) is 23.7 Å². The number of hydrogen-bond donors (Lipinski definition) is 0. The molecular weight excluding hydrogens is 370 g/mol. The van der Waals surface area contributed by atoms with Crippen LogP contribution >= 0.6 is 22.9 Å². The summed E-state index contributed by atoms with van der Waals surface area (Å²) in [7, 11) is 1.61. The number of para-hydroxylation sites is 1. The number of ether oxygens (including phenoxy) is 1. The van der Waals surface area contributed by atoms with E-state index in [1.54, 1.807) is 18.4 Å². The van der Waals surface area contributed by atoms with Crippen LogP contribution in [0.1, 0.15) is 29.8 Å². The summed E-state index contributed by atoms with van der Waals surface area (Å²) < 4.78 is 5.37. The van der Waals surface area contributed by atoms with Gasteiger partial charge in [0.2, 0.25) is 5.91 Å². The molecule has 7 heteroatoms. The van der Waals surface area contributed by atoms with Crippen molar-refractivity contribution in [2.45, 2.75) is 19.4 Å². The Hall–Kier alpha value is -2.44. The van der Waals surface area contributed by atoms with Gasteiger partial charge in [-0.25, -0.2) is 9.99 Å². The Morgan fingerprint density at radius 2 is 2.19 bits per heavy atom. The molecule has 0 spiro atoms. The van der Waals surface area contributed by atoms with E-state index in [0.29, 0.717) is 22.8 Å². The highest BCUT2D eigenvalue weighted by atomic mass is 35.5. The van der Waals surface area contributed by atoms with Gasteiger partial charge >= 0.3 is 0 Å². The van der Waals surface area contributed by atoms with Crippen LogP contribution in [0.15, 0.2) is 46.9 Å². The fourth-order valence-corrected chi connectivity index (χ4v) is 4.18. The maximum atomic E-state index is 12.2. The van der Waals surface area contributed by atoms with E-state index in [9.17, 15) is 4.79 Å². The normalized spacial score (nSPS) is 16.8. The van der Waals surface area contributed by atoms with Gasteiger partial charge in [-0.15, -0.1) is 11.3 Å². The lowest BCUT2D eigenvalue weighted by atomic mass is 10.0. The standard InChI is InChI=1S/C19H16ClN3O2S/c1-11(24)23-15(10-14(22-23)17-7-4-8-26-17)13-9-12-5-3-6-16(25-2)18(12)21-19(13)20/h3-9,15H,10H2,1-2H3. The Morgan fingerprint density at radius 3 is 2.88 bits per heavy atom. The number of methoxy groups -OCH3 is 1. The molecule has 132 valence electrons. The Bertz CT molecular complexity index is 1020. The fourth-order valence-electron chi connectivity index (χ4n) is 3.20. The second-order valence-corrected chi connectivity index (χ2v) is 7.31. The molecule has 4 rings (SSSR count). The molecule has 0 fully saturated rings. The molecule has 1 aromatic carbocycles. The average molecular weight is 386 g/mol. The Labute approximate surface area is 159 Å². The lowest BCUT2D eigenvalue weighted by Gasteiger charge is -2.21. The van der Waals surface area contributed by atoms with Gasteiger partial charge in [0.15, 0.2) is 0 Å². The van der Waals surface area contributed by atoms with Crippen molar-refractivity contribution in [3.05, 3.63) is 57.4 Å². The number of aromatic nitrogens is 1. The first-order valence-corrected chi connectivity index (χ1v) is 9.38. The second-order valence-electron chi connectivity index (χ2n) is 6.01. The Morgan fingerprint density at radius 1 is 1.35 bits per heavy atom. The predicted molar refractivity (Wildman–Crippen MR) is 104 cm³/mol. The predicted octanol–water partition coefficient (Wildman–Crippen LogP) is 4.66. The summed E-state index contributed by atoms with van der Waals surface area (Å²) in [5, 5.41) is 9.32. The van der Waals surface area contributed by atoms with Crippen LogP contribution in [0.2, 0.25) is 5.15 Å². The largest absolute Gasteiger partial charge is 0.494 e. The minimum Gasteiger partial charge on any atom is -0.494 e. The van der Waals surface area contributed by atoms with Crippen LogP contribution in [0.4, 0.5) is 0 Å². The first-order chi connectivity index (χ1) is 12.6. The van der Waals surface area contributed by atoms with Crippen molar-refractivity contribution in [3.8, 4) is 5.75 Å². The molecule has 0 aliphatic carbocycles. The molecule has 0 radical (unpaired) electrons. The summed E-state index contributed by atoms with van der Waals surface area (Å²) in [4.78, 5) is 17.7. The molecule has 26 heavy (non-hydrogen) atoms. The van der Waals surface area contributed by atoms with E-state index in [-0.39, 0.29) is 11.9 Å². The van der Waals surface area contributed by atoms with Crippen molar-refractivity contribution in [1.29, 1.82) is 0 Å². The summed E-state index contributed by atoms with van der Waals surface area (Å²) in [5.41, 5.74) is 2.38.